The van der Waals surface area contributed by atoms with Gasteiger partial charge in [0.2, 0.25) is 0 Å². The van der Waals surface area contributed by atoms with Crippen LogP contribution >= 0.6 is 0 Å². The first-order valence-corrected chi connectivity index (χ1v) is 8.27. The van der Waals surface area contributed by atoms with Crippen molar-refractivity contribution < 1.29 is 14.3 Å². The van der Waals surface area contributed by atoms with Crippen LogP contribution < -0.4 is 15.2 Å². The van der Waals surface area contributed by atoms with Gasteiger partial charge >= 0.3 is 0 Å². The van der Waals surface area contributed by atoms with Gasteiger partial charge in [-0.3, -0.25) is 14.4 Å². The predicted molar refractivity (Wildman–Crippen MR) is 94.4 cm³/mol. The third-order valence-corrected chi connectivity index (χ3v) is 4.20. The first-order valence-electron chi connectivity index (χ1n) is 8.27. The number of pyridine rings is 1. The summed E-state index contributed by atoms with van der Waals surface area (Å²) in [6.45, 7) is 4.25. The smallest absolute Gasteiger partial charge is 0.265 e. The molecule has 1 amide bonds. The number of carbonyl (C=O) groups excluding carboxylic acids is 2. The van der Waals surface area contributed by atoms with Crippen LogP contribution in [-0.4, -0.2) is 29.4 Å². The molecule has 0 saturated carbocycles. The average Bonchev–Trinajstić information content (AvgIpc) is 2.61. The number of aryl methyl sites for hydroxylation is 1. The largest absolute Gasteiger partial charge is 0.482 e. The molecule has 0 fully saturated rings. The minimum atomic E-state index is -0.190. The Bertz CT molecular complexity index is 885. The van der Waals surface area contributed by atoms with Gasteiger partial charge in [-0.2, -0.15) is 0 Å². The summed E-state index contributed by atoms with van der Waals surface area (Å²) in [7, 11) is 0. The molecule has 130 valence electrons. The lowest BCUT2D eigenvalue weighted by atomic mass is 10.1. The van der Waals surface area contributed by atoms with E-state index in [1.807, 2.05) is 6.92 Å². The molecule has 0 aliphatic carbocycles. The lowest BCUT2D eigenvalue weighted by Crippen LogP contribution is -2.39. The van der Waals surface area contributed by atoms with Crippen LogP contribution in [0.1, 0.15) is 29.3 Å². The average molecular weight is 340 g/mol. The monoisotopic (exact) mass is 340 g/mol. The number of nitrogens with zero attached hydrogens (tertiary/aromatic N) is 2. The second-order valence-corrected chi connectivity index (χ2v) is 6.06. The topological polar surface area (TPSA) is 68.6 Å². The first-order chi connectivity index (χ1) is 12.0. The van der Waals surface area contributed by atoms with Crippen LogP contribution in [0.25, 0.3) is 0 Å². The highest BCUT2D eigenvalue weighted by Gasteiger charge is 2.25. The normalized spacial score (nSPS) is 13.4. The van der Waals surface area contributed by atoms with E-state index in [0.717, 1.165) is 6.42 Å². The molecule has 25 heavy (non-hydrogen) atoms. The number of hydrogen-bond donors (Lipinski definition) is 0. The van der Waals surface area contributed by atoms with Crippen LogP contribution in [-0.2, 0) is 11.3 Å². The summed E-state index contributed by atoms with van der Waals surface area (Å²) in [4.78, 5) is 38.4. The van der Waals surface area contributed by atoms with Crippen LogP contribution in [0.3, 0.4) is 0 Å². The van der Waals surface area contributed by atoms with E-state index in [0.29, 0.717) is 29.1 Å². The minimum absolute atomic E-state index is 0.0129. The van der Waals surface area contributed by atoms with Gasteiger partial charge in [0.25, 0.3) is 11.5 Å². The zero-order valence-electron chi connectivity index (χ0n) is 14.3. The number of ketones is 1. The summed E-state index contributed by atoms with van der Waals surface area (Å²) < 4.78 is 6.83. The summed E-state index contributed by atoms with van der Waals surface area (Å²) >= 11 is 0. The molecule has 0 saturated heterocycles. The third kappa shape index (κ3) is 3.33. The number of fused-ring (bicyclic) bond motifs is 1. The van der Waals surface area contributed by atoms with Crippen molar-refractivity contribution in [2.24, 2.45) is 0 Å². The number of anilines is 1. The van der Waals surface area contributed by atoms with Gasteiger partial charge in [-0.1, -0.05) is 13.0 Å². The van der Waals surface area contributed by atoms with E-state index >= 15 is 0 Å². The van der Waals surface area contributed by atoms with Gasteiger partial charge in [0, 0.05) is 23.9 Å². The Labute approximate surface area is 145 Å². The maximum absolute atomic E-state index is 12.6. The van der Waals surface area contributed by atoms with Crippen molar-refractivity contribution in [2.45, 2.75) is 26.8 Å². The fourth-order valence-electron chi connectivity index (χ4n) is 2.87. The molecular weight excluding hydrogens is 320 g/mol. The van der Waals surface area contributed by atoms with E-state index in [-0.39, 0.29) is 30.4 Å². The Balaban J connectivity index is 1.91. The van der Waals surface area contributed by atoms with Crippen LogP contribution in [0.15, 0.2) is 41.3 Å². The number of aromatic nitrogens is 1. The van der Waals surface area contributed by atoms with Gasteiger partial charge in [0.15, 0.2) is 12.4 Å². The van der Waals surface area contributed by atoms with Gasteiger partial charge in [0.05, 0.1) is 12.2 Å². The molecule has 2 heterocycles. The number of hydrogen-bond acceptors (Lipinski definition) is 4. The number of ether oxygens (including phenoxy) is 1. The third-order valence-electron chi connectivity index (χ3n) is 4.20. The van der Waals surface area contributed by atoms with Gasteiger partial charge in [-0.25, -0.2) is 0 Å². The van der Waals surface area contributed by atoms with Crippen molar-refractivity contribution in [1.82, 2.24) is 4.57 Å². The number of Topliss-reactive ketones (excluding diaryl/α,β-unsaturated/α-hetero) is 1. The maximum atomic E-state index is 12.6. The van der Waals surface area contributed by atoms with E-state index < -0.39 is 0 Å². The van der Waals surface area contributed by atoms with E-state index in [4.69, 9.17) is 4.74 Å². The molecule has 0 radical (unpaired) electrons. The number of carbonyl (C=O) groups is 2. The zero-order chi connectivity index (χ0) is 18.0. The number of rotatable bonds is 5. The van der Waals surface area contributed by atoms with Gasteiger partial charge in [-0.15, -0.1) is 0 Å². The molecule has 1 aromatic heterocycles. The Morgan fingerprint density at radius 1 is 1.24 bits per heavy atom. The van der Waals surface area contributed by atoms with Crippen molar-refractivity contribution in [3.05, 3.63) is 58.0 Å². The van der Waals surface area contributed by atoms with E-state index in [1.165, 1.54) is 4.57 Å². The van der Waals surface area contributed by atoms with E-state index in [1.54, 1.807) is 48.4 Å². The summed E-state index contributed by atoms with van der Waals surface area (Å²) in [6, 6.07) is 8.50. The van der Waals surface area contributed by atoms with Gasteiger partial charge < -0.3 is 14.2 Å². The molecule has 1 aliphatic heterocycles. The molecule has 3 rings (SSSR count). The fourth-order valence-corrected chi connectivity index (χ4v) is 2.87. The van der Waals surface area contributed by atoms with Gasteiger partial charge in [0.1, 0.15) is 5.75 Å². The molecule has 6 nitrogen and oxygen atoms in total. The Kier molecular flexibility index (Phi) is 4.70. The second-order valence-electron chi connectivity index (χ2n) is 6.06. The van der Waals surface area contributed by atoms with Gasteiger partial charge in [-0.05, 0) is 37.6 Å². The molecule has 0 unspecified atom stereocenters. The molecule has 1 aliphatic rings. The van der Waals surface area contributed by atoms with Crippen molar-refractivity contribution in [1.29, 1.82) is 0 Å². The molecule has 0 bridgehead atoms. The minimum Gasteiger partial charge on any atom is -0.482 e. The fraction of sp³-hybridized carbons (Fsp3) is 0.316. The maximum Gasteiger partial charge on any atom is 0.265 e. The lowest BCUT2D eigenvalue weighted by molar-refractivity contribution is -0.121. The van der Waals surface area contributed by atoms with E-state index in [2.05, 4.69) is 0 Å². The quantitative estimate of drug-likeness (QED) is 0.782. The van der Waals surface area contributed by atoms with Crippen LogP contribution in [0.4, 0.5) is 5.69 Å². The Hall–Kier alpha value is -2.89. The Morgan fingerprint density at radius 2 is 2.04 bits per heavy atom. The molecular formula is C19H20N2O4. The molecule has 0 N–H and O–H groups in total. The summed E-state index contributed by atoms with van der Waals surface area (Å²) in [6.07, 6.45) is 2.41. The lowest BCUT2D eigenvalue weighted by Gasteiger charge is -2.29. The van der Waals surface area contributed by atoms with Crippen molar-refractivity contribution in [3.63, 3.8) is 0 Å². The van der Waals surface area contributed by atoms with Crippen molar-refractivity contribution in [3.8, 4) is 5.75 Å². The standard InChI is InChI=1S/C19H20N2O4/c1-3-8-21-15-10-14(6-7-17(15)25-12-18(21)23)16(22)11-20-9-4-5-13(2)19(20)24/h4-7,9-10H,3,8,11-12H2,1-2H3. The van der Waals surface area contributed by atoms with Crippen molar-refractivity contribution in [2.75, 3.05) is 18.1 Å². The highest BCUT2D eigenvalue weighted by atomic mass is 16.5. The zero-order valence-corrected chi connectivity index (χ0v) is 14.3. The van der Waals surface area contributed by atoms with Crippen molar-refractivity contribution >= 4 is 17.4 Å². The summed E-state index contributed by atoms with van der Waals surface area (Å²) in [5.41, 5.74) is 1.47. The Morgan fingerprint density at radius 3 is 2.80 bits per heavy atom. The molecule has 6 heteroatoms. The highest BCUT2D eigenvalue weighted by molar-refractivity contribution is 6.01. The molecule has 2 aromatic rings. The molecule has 0 atom stereocenters. The number of amides is 1. The first kappa shape index (κ1) is 17.0. The molecule has 0 spiro atoms. The van der Waals surface area contributed by atoms with E-state index in [9.17, 15) is 14.4 Å². The number of benzene rings is 1. The summed E-state index contributed by atoms with van der Waals surface area (Å²) in [5, 5.41) is 0. The molecule has 1 aromatic carbocycles. The summed E-state index contributed by atoms with van der Waals surface area (Å²) in [5.74, 6) is 0.288. The highest BCUT2D eigenvalue weighted by Crippen LogP contribution is 2.33. The van der Waals surface area contributed by atoms with Crippen LogP contribution in [0.2, 0.25) is 0 Å². The van der Waals surface area contributed by atoms with Crippen LogP contribution in [0, 0.1) is 6.92 Å². The van der Waals surface area contributed by atoms with Crippen LogP contribution in [0.5, 0.6) is 5.75 Å². The SMILES string of the molecule is CCCN1C(=O)COc2ccc(C(=O)Cn3cccc(C)c3=O)cc21. The predicted octanol–water partition coefficient (Wildman–Crippen LogP) is 2.18. The second kappa shape index (κ2) is 6.93.